The van der Waals surface area contributed by atoms with Crippen molar-refractivity contribution in [3.05, 3.63) is 29.8 Å². The van der Waals surface area contributed by atoms with Crippen molar-refractivity contribution in [3.63, 3.8) is 0 Å². The van der Waals surface area contributed by atoms with Crippen LogP contribution >= 0.6 is 0 Å². The summed E-state index contributed by atoms with van der Waals surface area (Å²) >= 11 is 0. The maximum atomic E-state index is 11.7. The summed E-state index contributed by atoms with van der Waals surface area (Å²) in [5.74, 6) is 0.865. The predicted molar refractivity (Wildman–Crippen MR) is 77.1 cm³/mol. The minimum atomic E-state index is -0.0269. The highest BCUT2D eigenvalue weighted by atomic mass is 16.5. The third kappa shape index (κ3) is 5.75. The molecule has 106 valence electrons. The third-order valence-electron chi connectivity index (χ3n) is 2.72. The smallest absolute Gasteiger partial charge is 0.220 e. The van der Waals surface area contributed by atoms with Crippen molar-refractivity contribution >= 4 is 5.91 Å². The summed E-state index contributed by atoms with van der Waals surface area (Å²) in [6.45, 7) is 6.49. The van der Waals surface area contributed by atoms with E-state index in [0.29, 0.717) is 13.0 Å². The largest absolute Gasteiger partial charge is 0.491 e. The number of amides is 1. The van der Waals surface area contributed by atoms with Crippen molar-refractivity contribution in [2.45, 2.75) is 45.8 Å². The molecule has 0 spiro atoms. The van der Waals surface area contributed by atoms with Gasteiger partial charge >= 0.3 is 0 Å². The Labute approximate surface area is 115 Å². The summed E-state index contributed by atoms with van der Waals surface area (Å²) in [6, 6.07) is 7.79. The Balaban J connectivity index is 2.61. The van der Waals surface area contributed by atoms with Gasteiger partial charge in [-0.3, -0.25) is 4.79 Å². The molecule has 1 unspecified atom stereocenters. The number of carbonyl (C=O) groups is 1. The van der Waals surface area contributed by atoms with Gasteiger partial charge in [-0.1, -0.05) is 12.1 Å². The van der Waals surface area contributed by atoms with Gasteiger partial charge < -0.3 is 15.8 Å². The van der Waals surface area contributed by atoms with Gasteiger partial charge in [-0.05, 0) is 51.4 Å². The van der Waals surface area contributed by atoms with Gasteiger partial charge in [0.15, 0.2) is 0 Å². The number of hydrogen-bond donors (Lipinski definition) is 2. The van der Waals surface area contributed by atoms with Crippen molar-refractivity contribution in [1.29, 1.82) is 0 Å². The van der Waals surface area contributed by atoms with Crippen LogP contribution in [0.4, 0.5) is 0 Å². The van der Waals surface area contributed by atoms with Crippen LogP contribution in [-0.4, -0.2) is 18.6 Å². The number of benzene rings is 1. The summed E-state index contributed by atoms with van der Waals surface area (Å²) in [7, 11) is 0. The van der Waals surface area contributed by atoms with E-state index in [4.69, 9.17) is 10.5 Å². The van der Waals surface area contributed by atoms with E-state index in [2.05, 4.69) is 5.32 Å². The van der Waals surface area contributed by atoms with Crippen LogP contribution in [0.25, 0.3) is 0 Å². The molecule has 0 bridgehead atoms. The number of nitrogens with one attached hydrogen (secondary N) is 1. The molecular formula is C15H24N2O2. The van der Waals surface area contributed by atoms with Gasteiger partial charge in [-0.25, -0.2) is 0 Å². The maximum Gasteiger partial charge on any atom is 0.220 e. The fourth-order valence-electron chi connectivity index (χ4n) is 1.79. The lowest BCUT2D eigenvalue weighted by atomic mass is 10.1. The summed E-state index contributed by atoms with van der Waals surface area (Å²) in [5.41, 5.74) is 6.43. The highest BCUT2D eigenvalue weighted by Crippen LogP contribution is 2.20. The van der Waals surface area contributed by atoms with Crippen LogP contribution in [0, 0.1) is 0 Å². The molecule has 1 atom stereocenters. The monoisotopic (exact) mass is 264 g/mol. The van der Waals surface area contributed by atoms with E-state index < -0.39 is 0 Å². The number of carbonyl (C=O) groups excluding carboxylic acids is 1. The molecule has 1 rings (SSSR count). The average molecular weight is 264 g/mol. The Morgan fingerprint density at radius 1 is 1.37 bits per heavy atom. The lowest BCUT2D eigenvalue weighted by Gasteiger charge is -2.16. The molecule has 0 saturated heterocycles. The molecule has 4 heteroatoms. The van der Waals surface area contributed by atoms with Crippen LogP contribution in [0.2, 0.25) is 0 Å². The SMILES string of the molecule is CC(C)Oc1cccc(C(C)NC(=O)CCCN)c1. The van der Waals surface area contributed by atoms with Gasteiger partial charge in [0, 0.05) is 6.42 Å². The first-order valence-corrected chi connectivity index (χ1v) is 6.79. The van der Waals surface area contributed by atoms with Gasteiger partial charge in [0.25, 0.3) is 0 Å². The zero-order chi connectivity index (χ0) is 14.3. The van der Waals surface area contributed by atoms with Crippen molar-refractivity contribution in [2.75, 3.05) is 6.54 Å². The summed E-state index contributed by atoms with van der Waals surface area (Å²) in [6.07, 6.45) is 1.34. The molecule has 0 aliphatic carbocycles. The first kappa shape index (κ1) is 15.5. The molecule has 0 saturated carbocycles. The Morgan fingerprint density at radius 3 is 2.74 bits per heavy atom. The molecule has 0 radical (unpaired) electrons. The zero-order valence-corrected chi connectivity index (χ0v) is 12.0. The van der Waals surface area contributed by atoms with E-state index in [1.165, 1.54) is 0 Å². The molecule has 0 fully saturated rings. The number of rotatable bonds is 7. The molecular weight excluding hydrogens is 240 g/mol. The third-order valence-corrected chi connectivity index (χ3v) is 2.72. The molecule has 4 nitrogen and oxygen atoms in total. The topological polar surface area (TPSA) is 64.3 Å². The van der Waals surface area contributed by atoms with Gasteiger partial charge in [0.05, 0.1) is 12.1 Å². The van der Waals surface area contributed by atoms with Crippen LogP contribution < -0.4 is 15.8 Å². The summed E-state index contributed by atoms with van der Waals surface area (Å²) in [5, 5.41) is 2.96. The molecule has 19 heavy (non-hydrogen) atoms. The highest BCUT2D eigenvalue weighted by Gasteiger charge is 2.10. The minimum absolute atomic E-state index is 0.0269. The minimum Gasteiger partial charge on any atom is -0.491 e. The molecule has 1 aromatic carbocycles. The van der Waals surface area contributed by atoms with Crippen LogP contribution in [0.3, 0.4) is 0 Å². The summed E-state index contributed by atoms with van der Waals surface area (Å²) in [4.78, 5) is 11.7. The van der Waals surface area contributed by atoms with E-state index in [1.807, 2.05) is 45.0 Å². The van der Waals surface area contributed by atoms with Gasteiger partial charge in [-0.2, -0.15) is 0 Å². The molecule has 0 aromatic heterocycles. The molecule has 1 aromatic rings. The van der Waals surface area contributed by atoms with Crippen molar-refractivity contribution in [3.8, 4) is 5.75 Å². The Hall–Kier alpha value is -1.55. The molecule has 0 aliphatic rings. The first-order valence-electron chi connectivity index (χ1n) is 6.79. The van der Waals surface area contributed by atoms with Crippen molar-refractivity contribution in [1.82, 2.24) is 5.32 Å². The van der Waals surface area contributed by atoms with E-state index in [9.17, 15) is 4.79 Å². The quantitative estimate of drug-likeness (QED) is 0.794. The Bertz CT molecular complexity index is 405. The standard InChI is InChI=1S/C15H24N2O2/c1-11(2)19-14-7-4-6-13(10-14)12(3)17-15(18)8-5-9-16/h4,6-7,10-12H,5,8-9,16H2,1-3H3,(H,17,18). The lowest BCUT2D eigenvalue weighted by molar-refractivity contribution is -0.121. The van der Waals surface area contributed by atoms with Gasteiger partial charge in [0.1, 0.15) is 5.75 Å². The number of ether oxygens (including phenoxy) is 1. The lowest BCUT2D eigenvalue weighted by Crippen LogP contribution is -2.26. The molecule has 0 aliphatic heterocycles. The fourth-order valence-corrected chi connectivity index (χ4v) is 1.79. The van der Waals surface area contributed by atoms with Crippen LogP contribution in [0.5, 0.6) is 5.75 Å². The van der Waals surface area contributed by atoms with Crippen molar-refractivity contribution in [2.24, 2.45) is 5.73 Å². The van der Waals surface area contributed by atoms with Crippen molar-refractivity contribution < 1.29 is 9.53 Å². The Morgan fingerprint density at radius 2 is 2.11 bits per heavy atom. The second-order valence-electron chi connectivity index (χ2n) is 4.92. The molecule has 0 heterocycles. The first-order chi connectivity index (χ1) is 9.02. The fraction of sp³-hybridized carbons (Fsp3) is 0.533. The van der Waals surface area contributed by atoms with Gasteiger partial charge in [-0.15, -0.1) is 0 Å². The average Bonchev–Trinajstić information content (AvgIpc) is 2.35. The predicted octanol–water partition coefficient (Wildman–Crippen LogP) is 2.39. The van der Waals surface area contributed by atoms with E-state index in [1.54, 1.807) is 0 Å². The van der Waals surface area contributed by atoms with E-state index >= 15 is 0 Å². The maximum absolute atomic E-state index is 11.7. The second-order valence-corrected chi connectivity index (χ2v) is 4.92. The van der Waals surface area contributed by atoms with Crippen LogP contribution in [0.1, 0.15) is 45.2 Å². The molecule has 3 N–H and O–H groups in total. The molecule has 1 amide bonds. The zero-order valence-electron chi connectivity index (χ0n) is 12.0. The van der Waals surface area contributed by atoms with E-state index in [0.717, 1.165) is 17.7 Å². The highest BCUT2D eigenvalue weighted by molar-refractivity contribution is 5.76. The van der Waals surface area contributed by atoms with Crippen LogP contribution in [0.15, 0.2) is 24.3 Å². The number of hydrogen-bond acceptors (Lipinski definition) is 3. The second kappa shape index (κ2) is 7.79. The van der Waals surface area contributed by atoms with Gasteiger partial charge in [0.2, 0.25) is 5.91 Å². The van der Waals surface area contributed by atoms with E-state index in [-0.39, 0.29) is 18.1 Å². The number of nitrogens with two attached hydrogens (primary N) is 1. The summed E-state index contributed by atoms with van der Waals surface area (Å²) < 4.78 is 5.65. The Kier molecular flexibility index (Phi) is 6.36. The normalized spacial score (nSPS) is 12.3. The van der Waals surface area contributed by atoms with Crippen LogP contribution in [-0.2, 0) is 4.79 Å².